The number of nitrogens with one attached hydrogen (secondary N) is 2. The summed E-state index contributed by atoms with van der Waals surface area (Å²) in [5.41, 5.74) is 0.883. The number of carbonyl (C=O) groups is 1. The second-order valence-corrected chi connectivity index (χ2v) is 6.39. The number of anilines is 1. The van der Waals surface area contributed by atoms with E-state index in [0.29, 0.717) is 24.2 Å². The fourth-order valence-electron chi connectivity index (χ4n) is 3.12. The van der Waals surface area contributed by atoms with Gasteiger partial charge in [0.15, 0.2) is 0 Å². The third kappa shape index (κ3) is 2.95. The van der Waals surface area contributed by atoms with E-state index in [2.05, 4.69) is 10.3 Å². The molecule has 2 N–H and O–H groups in total. The van der Waals surface area contributed by atoms with Crippen LogP contribution in [0.2, 0.25) is 0 Å². The fraction of sp³-hybridized carbons (Fsp3) is 0.353. The van der Waals surface area contributed by atoms with E-state index in [0.717, 1.165) is 18.4 Å². The van der Waals surface area contributed by atoms with Gasteiger partial charge in [-0.05, 0) is 43.0 Å². The van der Waals surface area contributed by atoms with Crippen molar-refractivity contribution in [3.8, 4) is 0 Å². The predicted octanol–water partition coefficient (Wildman–Crippen LogP) is 1.28. The summed E-state index contributed by atoms with van der Waals surface area (Å²) in [4.78, 5) is 39.9. The van der Waals surface area contributed by atoms with Crippen LogP contribution in [0.15, 0.2) is 34.0 Å². The van der Waals surface area contributed by atoms with Gasteiger partial charge in [-0.15, -0.1) is 0 Å². The number of urea groups is 1. The Bertz CT molecular complexity index is 961. The Balaban J connectivity index is 1.49. The number of amides is 2. The van der Waals surface area contributed by atoms with E-state index in [9.17, 15) is 18.8 Å². The number of H-pyrrole nitrogens is 1. The van der Waals surface area contributed by atoms with Gasteiger partial charge in [0.05, 0.1) is 12.1 Å². The summed E-state index contributed by atoms with van der Waals surface area (Å²) in [6, 6.07) is 4.12. The highest BCUT2D eigenvalue weighted by atomic mass is 19.1. The first kappa shape index (κ1) is 15.6. The van der Waals surface area contributed by atoms with Gasteiger partial charge in [0.25, 0.3) is 5.56 Å². The summed E-state index contributed by atoms with van der Waals surface area (Å²) in [5, 5.41) is 2.70. The van der Waals surface area contributed by atoms with Gasteiger partial charge in [-0.2, -0.15) is 0 Å². The number of benzene rings is 1. The molecule has 1 aliphatic heterocycles. The van der Waals surface area contributed by atoms with E-state index >= 15 is 0 Å². The molecule has 1 aliphatic carbocycles. The molecular weight excluding hydrogens is 327 g/mol. The lowest BCUT2D eigenvalue weighted by molar-refractivity contribution is 0.246. The number of aromatic nitrogens is 2. The maximum absolute atomic E-state index is 13.3. The molecular formula is C17H17FN4O3. The van der Waals surface area contributed by atoms with E-state index in [1.807, 2.05) is 0 Å². The topological polar surface area (TPSA) is 87.2 Å². The Morgan fingerprint density at radius 1 is 1.32 bits per heavy atom. The molecule has 2 heterocycles. The number of hydrogen-bond acceptors (Lipinski definition) is 3. The third-order valence-corrected chi connectivity index (χ3v) is 4.59. The number of fused-ring (bicyclic) bond motifs is 1. The van der Waals surface area contributed by atoms with Crippen molar-refractivity contribution in [3.05, 3.63) is 62.2 Å². The molecule has 7 nitrogen and oxygen atoms in total. The fourth-order valence-corrected chi connectivity index (χ4v) is 3.12. The summed E-state index contributed by atoms with van der Waals surface area (Å²) in [5.74, 6) is -0.324. The molecule has 0 bridgehead atoms. The minimum absolute atomic E-state index is 0.0220. The average molecular weight is 344 g/mol. The van der Waals surface area contributed by atoms with Gasteiger partial charge >= 0.3 is 11.7 Å². The Hall–Kier alpha value is -2.90. The molecule has 0 radical (unpaired) electrons. The number of halogens is 1. The molecule has 130 valence electrons. The SMILES string of the molecule is O=C(NCc1cn(C2CC2)c(=O)[nH]c1=O)N1CCc2cc(F)ccc21. The zero-order chi connectivity index (χ0) is 17.6. The molecule has 0 spiro atoms. The number of rotatable bonds is 3. The number of carbonyl (C=O) groups excluding carboxylic acids is 1. The van der Waals surface area contributed by atoms with Crippen LogP contribution in [-0.4, -0.2) is 22.1 Å². The molecule has 1 fully saturated rings. The molecule has 0 unspecified atom stereocenters. The summed E-state index contributed by atoms with van der Waals surface area (Å²) in [7, 11) is 0. The Morgan fingerprint density at radius 3 is 2.88 bits per heavy atom. The maximum atomic E-state index is 13.3. The minimum Gasteiger partial charge on any atom is -0.333 e. The zero-order valence-corrected chi connectivity index (χ0v) is 13.4. The standard InChI is InChI=1S/C17H17FN4O3/c18-12-1-4-14-10(7-12)5-6-21(14)16(24)19-8-11-9-22(13-2-3-13)17(25)20-15(11)23/h1,4,7,9,13H,2-3,5-6,8H2,(H,19,24)(H,20,23,25). The van der Waals surface area contributed by atoms with Crippen LogP contribution >= 0.6 is 0 Å². The molecule has 4 rings (SSSR count). The number of hydrogen-bond donors (Lipinski definition) is 2. The first-order chi connectivity index (χ1) is 12.0. The third-order valence-electron chi connectivity index (χ3n) is 4.59. The highest BCUT2D eigenvalue weighted by molar-refractivity contribution is 5.94. The molecule has 2 aromatic rings. The normalized spacial score (nSPS) is 16.0. The second-order valence-electron chi connectivity index (χ2n) is 6.39. The first-order valence-electron chi connectivity index (χ1n) is 8.21. The van der Waals surface area contributed by atoms with Gasteiger partial charge < -0.3 is 5.32 Å². The molecule has 2 amide bonds. The van der Waals surface area contributed by atoms with Gasteiger partial charge in [-0.25, -0.2) is 14.0 Å². The van der Waals surface area contributed by atoms with E-state index in [1.165, 1.54) is 27.8 Å². The molecule has 1 aromatic heterocycles. The molecule has 1 aromatic carbocycles. The van der Waals surface area contributed by atoms with Gasteiger partial charge in [0, 0.05) is 24.5 Å². The van der Waals surface area contributed by atoms with Crippen LogP contribution in [0, 0.1) is 5.82 Å². The smallest absolute Gasteiger partial charge is 0.328 e. The molecule has 1 saturated carbocycles. The quantitative estimate of drug-likeness (QED) is 0.879. The van der Waals surface area contributed by atoms with Crippen LogP contribution in [0.3, 0.4) is 0 Å². The number of nitrogens with zero attached hydrogens (tertiary/aromatic N) is 2. The highest BCUT2D eigenvalue weighted by Crippen LogP contribution is 2.33. The molecule has 25 heavy (non-hydrogen) atoms. The molecule has 2 aliphatic rings. The Kier molecular flexibility index (Phi) is 3.67. The van der Waals surface area contributed by atoms with Crippen LogP contribution in [0.5, 0.6) is 0 Å². The lowest BCUT2D eigenvalue weighted by Gasteiger charge is -2.18. The monoisotopic (exact) mass is 344 g/mol. The largest absolute Gasteiger partial charge is 0.333 e. The second kappa shape index (κ2) is 5.87. The summed E-state index contributed by atoms with van der Waals surface area (Å²) in [6.45, 7) is 0.483. The Morgan fingerprint density at radius 2 is 2.12 bits per heavy atom. The number of aromatic amines is 1. The van der Waals surface area contributed by atoms with Crippen molar-refractivity contribution in [3.63, 3.8) is 0 Å². The van der Waals surface area contributed by atoms with Crippen molar-refractivity contribution < 1.29 is 9.18 Å². The van der Waals surface area contributed by atoms with E-state index in [-0.39, 0.29) is 24.4 Å². The Labute approximate surface area is 142 Å². The summed E-state index contributed by atoms with van der Waals surface area (Å²) < 4.78 is 14.8. The maximum Gasteiger partial charge on any atom is 0.328 e. The van der Waals surface area contributed by atoms with Crippen molar-refractivity contribution in [2.75, 3.05) is 11.4 Å². The van der Waals surface area contributed by atoms with Gasteiger partial charge in [0.1, 0.15) is 5.82 Å². The first-order valence-corrected chi connectivity index (χ1v) is 8.21. The van der Waals surface area contributed by atoms with Crippen LogP contribution in [0.1, 0.15) is 30.0 Å². The summed E-state index contributed by atoms with van der Waals surface area (Å²) in [6.07, 6.45) is 3.94. The minimum atomic E-state index is -0.494. The van der Waals surface area contributed by atoms with Gasteiger partial charge in [-0.3, -0.25) is 19.2 Å². The van der Waals surface area contributed by atoms with Crippen molar-refractivity contribution in [2.24, 2.45) is 0 Å². The van der Waals surface area contributed by atoms with Crippen LogP contribution < -0.4 is 21.5 Å². The van der Waals surface area contributed by atoms with Crippen molar-refractivity contribution in [2.45, 2.75) is 31.8 Å². The molecule has 8 heteroatoms. The average Bonchev–Trinajstić information content (AvgIpc) is 3.33. The zero-order valence-electron chi connectivity index (χ0n) is 13.4. The van der Waals surface area contributed by atoms with Gasteiger partial charge in [-0.1, -0.05) is 0 Å². The van der Waals surface area contributed by atoms with Crippen molar-refractivity contribution >= 4 is 11.7 Å². The van der Waals surface area contributed by atoms with E-state index in [1.54, 1.807) is 6.07 Å². The highest BCUT2D eigenvalue weighted by Gasteiger charge is 2.27. The molecule has 0 saturated heterocycles. The van der Waals surface area contributed by atoms with Crippen LogP contribution in [-0.2, 0) is 13.0 Å². The molecule has 0 atom stereocenters. The lowest BCUT2D eigenvalue weighted by atomic mass is 10.2. The van der Waals surface area contributed by atoms with Crippen molar-refractivity contribution in [1.29, 1.82) is 0 Å². The van der Waals surface area contributed by atoms with Crippen molar-refractivity contribution in [1.82, 2.24) is 14.9 Å². The predicted molar refractivity (Wildman–Crippen MR) is 89.3 cm³/mol. The van der Waals surface area contributed by atoms with Crippen LogP contribution in [0.4, 0.5) is 14.9 Å². The van der Waals surface area contributed by atoms with E-state index in [4.69, 9.17) is 0 Å². The van der Waals surface area contributed by atoms with E-state index < -0.39 is 11.2 Å². The lowest BCUT2D eigenvalue weighted by Crippen LogP contribution is -2.40. The van der Waals surface area contributed by atoms with Crippen LogP contribution in [0.25, 0.3) is 0 Å². The van der Waals surface area contributed by atoms with Gasteiger partial charge in [0.2, 0.25) is 0 Å². The summed E-state index contributed by atoms with van der Waals surface area (Å²) >= 11 is 0.